The standard InChI is InChI=1S/C15H15ClO3/c1-2-17-15-12-6-4-3-5-11(12)14(7-13(15)16)19-9-10-8-18-10/h3-7,10H,2,8-9H2,1H3. The lowest BCUT2D eigenvalue weighted by Crippen LogP contribution is -2.05. The van der Waals surface area contributed by atoms with Gasteiger partial charge in [0.25, 0.3) is 0 Å². The summed E-state index contributed by atoms with van der Waals surface area (Å²) in [5, 5.41) is 2.56. The second-order valence-corrected chi connectivity index (χ2v) is 4.84. The van der Waals surface area contributed by atoms with E-state index in [-0.39, 0.29) is 6.10 Å². The molecule has 0 spiro atoms. The minimum absolute atomic E-state index is 0.226. The average molecular weight is 279 g/mol. The Morgan fingerprint density at radius 1 is 1.26 bits per heavy atom. The maximum absolute atomic E-state index is 6.28. The molecule has 1 unspecified atom stereocenters. The Labute approximate surface area is 117 Å². The molecule has 4 heteroatoms. The highest BCUT2D eigenvalue weighted by atomic mass is 35.5. The van der Waals surface area contributed by atoms with Gasteiger partial charge in [-0.25, -0.2) is 0 Å². The van der Waals surface area contributed by atoms with Crippen LogP contribution >= 0.6 is 11.6 Å². The molecule has 19 heavy (non-hydrogen) atoms. The predicted molar refractivity (Wildman–Crippen MR) is 75.4 cm³/mol. The molecule has 0 N–H and O–H groups in total. The first-order valence-electron chi connectivity index (χ1n) is 6.38. The quantitative estimate of drug-likeness (QED) is 0.782. The first kappa shape index (κ1) is 12.6. The fourth-order valence-corrected chi connectivity index (χ4v) is 2.30. The van der Waals surface area contributed by atoms with Gasteiger partial charge in [0.2, 0.25) is 0 Å². The Balaban J connectivity index is 2.03. The smallest absolute Gasteiger partial charge is 0.145 e. The first-order valence-corrected chi connectivity index (χ1v) is 6.76. The lowest BCUT2D eigenvalue weighted by atomic mass is 10.1. The number of ether oxygens (including phenoxy) is 3. The molecule has 100 valence electrons. The van der Waals surface area contributed by atoms with E-state index >= 15 is 0 Å². The van der Waals surface area contributed by atoms with Crippen molar-refractivity contribution in [3.8, 4) is 11.5 Å². The molecule has 0 saturated carbocycles. The molecule has 0 aliphatic carbocycles. The van der Waals surface area contributed by atoms with Crippen molar-refractivity contribution in [1.29, 1.82) is 0 Å². The molecular formula is C15H15ClO3. The summed E-state index contributed by atoms with van der Waals surface area (Å²) >= 11 is 6.28. The van der Waals surface area contributed by atoms with Crippen molar-refractivity contribution in [3.05, 3.63) is 35.4 Å². The number of hydrogen-bond donors (Lipinski definition) is 0. The van der Waals surface area contributed by atoms with Crippen LogP contribution in [-0.4, -0.2) is 25.9 Å². The van der Waals surface area contributed by atoms with E-state index in [4.69, 9.17) is 25.8 Å². The van der Waals surface area contributed by atoms with Crippen LogP contribution in [0.4, 0.5) is 0 Å². The summed E-state index contributed by atoms with van der Waals surface area (Å²) < 4.78 is 16.6. The largest absolute Gasteiger partial charge is 0.492 e. The molecule has 3 rings (SSSR count). The van der Waals surface area contributed by atoms with Crippen molar-refractivity contribution in [3.63, 3.8) is 0 Å². The van der Waals surface area contributed by atoms with E-state index in [0.717, 1.165) is 28.9 Å². The summed E-state index contributed by atoms with van der Waals surface area (Å²) in [5.74, 6) is 1.49. The van der Waals surface area contributed by atoms with Gasteiger partial charge in [0.05, 0.1) is 18.2 Å². The van der Waals surface area contributed by atoms with E-state index in [1.54, 1.807) is 0 Å². The Morgan fingerprint density at radius 2 is 2.00 bits per heavy atom. The monoisotopic (exact) mass is 278 g/mol. The Kier molecular flexibility index (Phi) is 3.49. The zero-order valence-corrected chi connectivity index (χ0v) is 11.4. The summed E-state index contributed by atoms with van der Waals surface area (Å²) in [6, 6.07) is 9.77. The summed E-state index contributed by atoms with van der Waals surface area (Å²) in [5.41, 5.74) is 0. The third-order valence-corrected chi connectivity index (χ3v) is 3.31. The highest BCUT2D eigenvalue weighted by Gasteiger charge is 2.24. The number of rotatable bonds is 5. The van der Waals surface area contributed by atoms with Gasteiger partial charge in [-0.05, 0) is 6.92 Å². The second kappa shape index (κ2) is 5.27. The topological polar surface area (TPSA) is 31.0 Å². The average Bonchev–Trinajstić information content (AvgIpc) is 3.24. The van der Waals surface area contributed by atoms with Gasteiger partial charge in [-0.15, -0.1) is 0 Å². The zero-order chi connectivity index (χ0) is 13.2. The molecule has 0 radical (unpaired) electrons. The van der Waals surface area contributed by atoms with Crippen LogP contribution in [0.1, 0.15) is 6.92 Å². The van der Waals surface area contributed by atoms with Crippen LogP contribution in [-0.2, 0) is 4.74 Å². The Morgan fingerprint density at radius 3 is 2.68 bits per heavy atom. The number of epoxide rings is 1. The molecule has 1 aliphatic heterocycles. The lowest BCUT2D eigenvalue weighted by Gasteiger charge is -2.14. The van der Waals surface area contributed by atoms with E-state index < -0.39 is 0 Å². The van der Waals surface area contributed by atoms with Gasteiger partial charge >= 0.3 is 0 Å². The van der Waals surface area contributed by atoms with Gasteiger partial charge in [0.1, 0.15) is 24.2 Å². The van der Waals surface area contributed by atoms with Crippen LogP contribution in [0.5, 0.6) is 11.5 Å². The maximum atomic E-state index is 6.28. The summed E-state index contributed by atoms with van der Waals surface area (Å²) in [6.07, 6.45) is 0.226. The highest BCUT2D eigenvalue weighted by molar-refractivity contribution is 6.33. The zero-order valence-electron chi connectivity index (χ0n) is 10.7. The molecular weight excluding hydrogens is 264 g/mol. The number of benzene rings is 2. The van der Waals surface area contributed by atoms with Crippen molar-refractivity contribution < 1.29 is 14.2 Å². The van der Waals surface area contributed by atoms with Gasteiger partial charge in [-0.1, -0.05) is 35.9 Å². The first-order chi connectivity index (χ1) is 9.29. The Hall–Kier alpha value is -1.45. The van der Waals surface area contributed by atoms with Crippen molar-refractivity contribution in [2.45, 2.75) is 13.0 Å². The van der Waals surface area contributed by atoms with Gasteiger partial charge in [-0.2, -0.15) is 0 Å². The van der Waals surface area contributed by atoms with Gasteiger partial charge in [0.15, 0.2) is 0 Å². The molecule has 2 aromatic carbocycles. The summed E-state index contributed by atoms with van der Waals surface area (Å²) in [7, 11) is 0. The third-order valence-electron chi connectivity index (χ3n) is 3.03. The molecule has 1 heterocycles. The number of hydrogen-bond acceptors (Lipinski definition) is 3. The van der Waals surface area contributed by atoms with Gasteiger partial charge in [0, 0.05) is 16.8 Å². The van der Waals surface area contributed by atoms with Crippen LogP contribution in [0.2, 0.25) is 5.02 Å². The lowest BCUT2D eigenvalue weighted by molar-refractivity contribution is 0.265. The normalized spacial score (nSPS) is 17.5. The van der Waals surface area contributed by atoms with E-state index in [0.29, 0.717) is 18.2 Å². The van der Waals surface area contributed by atoms with Crippen LogP contribution in [0.25, 0.3) is 10.8 Å². The van der Waals surface area contributed by atoms with Gasteiger partial charge in [-0.3, -0.25) is 0 Å². The van der Waals surface area contributed by atoms with E-state index in [1.807, 2.05) is 37.3 Å². The molecule has 1 saturated heterocycles. The Bertz CT molecular complexity index is 593. The second-order valence-electron chi connectivity index (χ2n) is 4.43. The van der Waals surface area contributed by atoms with E-state index in [9.17, 15) is 0 Å². The van der Waals surface area contributed by atoms with Crippen LogP contribution < -0.4 is 9.47 Å². The maximum Gasteiger partial charge on any atom is 0.145 e. The predicted octanol–water partition coefficient (Wildman–Crippen LogP) is 3.67. The van der Waals surface area contributed by atoms with Gasteiger partial charge < -0.3 is 14.2 Å². The van der Waals surface area contributed by atoms with Crippen LogP contribution in [0, 0.1) is 0 Å². The fourth-order valence-electron chi connectivity index (χ4n) is 2.04. The molecule has 1 aliphatic rings. The summed E-state index contributed by atoms with van der Waals surface area (Å²) in [6.45, 7) is 3.87. The van der Waals surface area contributed by atoms with E-state index in [1.165, 1.54) is 0 Å². The van der Waals surface area contributed by atoms with Crippen molar-refractivity contribution in [2.75, 3.05) is 19.8 Å². The van der Waals surface area contributed by atoms with Crippen molar-refractivity contribution in [2.24, 2.45) is 0 Å². The minimum Gasteiger partial charge on any atom is -0.492 e. The third kappa shape index (κ3) is 2.62. The van der Waals surface area contributed by atoms with Crippen LogP contribution in [0.3, 0.4) is 0 Å². The van der Waals surface area contributed by atoms with E-state index in [2.05, 4.69) is 0 Å². The highest BCUT2D eigenvalue weighted by Crippen LogP contribution is 2.39. The van der Waals surface area contributed by atoms with Crippen LogP contribution in [0.15, 0.2) is 30.3 Å². The molecule has 2 aromatic rings. The molecule has 0 bridgehead atoms. The van der Waals surface area contributed by atoms with Crippen molar-refractivity contribution >= 4 is 22.4 Å². The molecule has 0 aromatic heterocycles. The fraction of sp³-hybridized carbons (Fsp3) is 0.333. The number of fused-ring (bicyclic) bond motifs is 1. The minimum atomic E-state index is 0.226. The SMILES string of the molecule is CCOc1c(Cl)cc(OCC2CO2)c2ccccc12. The molecule has 0 amide bonds. The molecule has 1 atom stereocenters. The van der Waals surface area contributed by atoms with Crippen molar-refractivity contribution in [1.82, 2.24) is 0 Å². The number of halogens is 1. The summed E-state index contributed by atoms with van der Waals surface area (Å²) in [4.78, 5) is 0. The molecule has 3 nitrogen and oxygen atoms in total. The molecule has 1 fully saturated rings.